The molecule has 0 aliphatic heterocycles. The van der Waals surface area contributed by atoms with E-state index in [4.69, 9.17) is 5.73 Å². The third-order valence-electron chi connectivity index (χ3n) is 6.29. The van der Waals surface area contributed by atoms with Crippen LogP contribution in [0.3, 0.4) is 0 Å². The normalized spacial score (nSPS) is 15.5. The number of nitrogens with one attached hydrogen (secondary N) is 4. The van der Waals surface area contributed by atoms with Gasteiger partial charge in [0.2, 0.25) is 17.7 Å². The first-order valence-corrected chi connectivity index (χ1v) is 12.7. The number of thiol groups is 1. The fourth-order valence-corrected chi connectivity index (χ4v) is 3.97. The summed E-state index contributed by atoms with van der Waals surface area (Å²) in [5, 5.41) is 18.6. The molecule has 10 nitrogen and oxygen atoms in total. The highest BCUT2D eigenvalue weighted by atomic mass is 32.1. The smallest absolute Gasteiger partial charge is 0.326 e. The molecule has 3 amide bonds. The Bertz CT molecular complexity index is 1070. The predicted octanol–water partition coefficient (Wildman–Crippen LogP) is 1.21. The lowest BCUT2D eigenvalue weighted by Crippen LogP contribution is -2.60. The van der Waals surface area contributed by atoms with Gasteiger partial charge in [-0.25, -0.2) is 4.79 Å². The number of hydrogen-bond acceptors (Lipinski definition) is 6. The van der Waals surface area contributed by atoms with Gasteiger partial charge in [-0.2, -0.15) is 12.6 Å². The second-order valence-electron chi connectivity index (χ2n) is 9.35. The predicted molar refractivity (Wildman–Crippen MR) is 142 cm³/mol. The van der Waals surface area contributed by atoms with Crippen LogP contribution in [0.5, 0.6) is 0 Å². The van der Waals surface area contributed by atoms with Crippen LogP contribution in [-0.4, -0.2) is 63.7 Å². The van der Waals surface area contributed by atoms with Gasteiger partial charge in [-0.3, -0.25) is 14.4 Å². The molecule has 1 aromatic heterocycles. The number of carboxylic acid groups (broad SMARTS) is 1. The molecule has 198 valence electrons. The molecule has 7 N–H and O–H groups in total. The Morgan fingerprint density at radius 3 is 2.19 bits per heavy atom. The number of fused-ring (bicyclic) bond motifs is 1. The maximum atomic E-state index is 13.2. The molecule has 1 heterocycles. The highest BCUT2D eigenvalue weighted by Crippen LogP contribution is 2.19. The van der Waals surface area contributed by atoms with Crippen molar-refractivity contribution in [3.05, 3.63) is 36.0 Å². The summed E-state index contributed by atoms with van der Waals surface area (Å²) in [5.41, 5.74) is 7.34. The van der Waals surface area contributed by atoms with Crippen LogP contribution in [0.25, 0.3) is 10.9 Å². The lowest BCUT2D eigenvalue weighted by Gasteiger charge is -2.29. The van der Waals surface area contributed by atoms with Crippen LogP contribution >= 0.6 is 12.6 Å². The first kappa shape index (κ1) is 29.2. The molecule has 0 saturated carbocycles. The summed E-state index contributed by atoms with van der Waals surface area (Å²) < 4.78 is 0. The van der Waals surface area contributed by atoms with Crippen molar-refractivity contribution < 1.29 is 24.3 Å². The van der Waals surface area contributed by atoms with E-state index in [9.17, 15) is 24.3 Å². The summed E-state index contributed by atoms with van der Waals surface area (Å²) in [4.78, 5) is 53.7. The molecular weight excluding hydrogens is 482 g/mol. The first-order valence-electron chi connectivity index (χ1n) is 12.0. The number of aromatic amines is 1. The Labute approximate surface area is 216 Å². The van der Waals surface area contributed by atoms with E-state index >= 15 is 0 Å². The Morgan fingerprint density at radius 2 is 1.61 bits per heavy atom. The molecule has 0 aliphatic rings. The molecule has 2 aromatic rings. The number of amides is 3. The van der Waals surface area contributed by atoms with Crippen molar-refractivity contribution >= 4 is 47.2 Å². The van der Waals surface area contributed by atoms with E-state index in [1.807, 2.05) is 31.2 Å². The summed E-state index contributed by atoms with van der Waals surface area (Å²) >= 11 is 4.01. The van der Waals surface area contributed by atoms with Crippen molar-refractivity contribution in [2.24, 2.45) is 17.6 Å². The zero-order chi connectivity index (χ0) is 27.0. The van der Waals surface area contributed by atoms with Gasteiger partial charge in [0.1, 0.15) is 18.1 Å². The Hall–Kier alpha value is -3.05. The SMILES string of the molecule is CCC(C)C(NC(=O)C(NC(=O)C(N)CS)C(C)C)C(=O)NC(Cc1c[nH]c2ccccc12)C(=O)O. The van der Waals surface area contributed by atoms with Crippen molar-refractivity contribution in [1.29, 1.82) is 0 Å². The van der Waals surface area contributed by atoms with Crippen LogP contribution in [0.15, 0.2) is 30.5 Å². The molecular formula is C25H37N5O5S. The van der Waals surface area contributed by atoms with Gasteiger partial charge in [-0.05, 0) is 23.5 Å². The third kappa shape index (κ3) is 7.47. The van der Waals surface area contributed by atoms with Crippen molar-refractivity contribution in [2.75, 3.05) is 5.75 Å². The van der Waals surface area contributed by atoms with E-state index in [0.29, 0.717) is 6.42 Å². The second kappa shape index (κ2) is 13.3. The minimum absolute atomic E-state index is 0.0680. The summed E-state index contributed by atoms with van der Waals surface area (Å²) in [7, 11) is 0. The molecule has 5 unspecified atom stereocenters. The Morgan fingerprint density at radius 1 is 1.00 bits per heavy atom. The van der Waals surface area contributed by atoms with Crippen molar-refractivity contribution in [2.45, 2.75) is 64.7 Å². The highest BCUT2D eigenvalue weighted by Gasteiger charge is 2.34. The van der Waals surface area contributed by atoms with Crippen LogP contribution in [-0.2, 0) is 25.6 Å². The Kier molecular flexibility index (Phi) is 10.8. The van der Waals surface area contributed by atoms with Crippen molar-refractivity contribution in [3.8, 4) is 0 Å². The highest BCUT2D eigenvalue weighted by molar-refractivity contribution is 7.80. The van der Waals surface area contributed by atoms with Gasteiger partial charge in [-0.15, -0.1) is 0 Å². The molecule has 0 saturated heterocycles. The number of para-hydroxylation sites is 1. The van der Waals surface area contributed by atoms with Crippen molar-refractivity contribution in [1.82, 2.24) is 20.9 Å². The van der Waals surface area contributed by atoms with Crippen LogP contribution in [0.2, 0.25) is 0 Å². The van der Waals surface area contributed by atoms with Crippen LogP contribution in [0, 0.1) is 11.8 Å². The maximum Gasteiger partial charge on any atom is 0.326 e. The monoisotopic (exact) mass is 519 g/mol. The van der Waals surface area contributed by atoms with Gasteiger partial charge in [0.25, 0.3) is 0 Å². The molecule has 36 heavy (non-hydrogen) atoms. The van der Waals surface area contributed by atoms with E-state index in [-0.39, 0.29) is 24.0 Å². The number of nitrogens with two attached hydrogens (primary N) is 1. The summed E-state index contributed by atoms with van der Waals surface area (Å²) in [6.45, 7) is 7.18. The summed E-state index contributed by atoms with van der Waals surface area (Å²) in [5.74, 6) is -3.32. The average molecular weight is 520 g/mol. The van der Waals surface area contributed by atoms with E-state index < -0.39 is 47.9 Å². The zero-order valence-electron chi connectivity index (χ0n) is 21.1. The summed E-state index contributed by atoms with van der Waals surface area (Å²) in [6, 6.07) is 3.49. The van der Waals surface area contributed by atoms with Gasteiger partial charge in [0, 0.05) is 29.3 Å². The number of carbonyl (C=O) groups is 4. The minimum atomic E-state index is -1.20. The fraction of sp³-hybridized carbons (Fsp3) is 0.520. The third-order valence-corrected chi connectivity index (χ3v) is 6.68. The molecule has 11 heteroatoms. The quantitative estimate of drug-likeness (QED) is 0.196. The lowest BCUT2D eigenvalue weighted by molar-refractivity contribution is -0.142. The topological polar surface area (TPSA) is 166 Å². The molecule has 0 fully saturated rings. The molecule has 0 radical (unpaired) electrons. The van der Waals surface area contributed by atoms with E-state index in [0.717, 1.165) is 16.5 Å². The standard InChI is InChI=1S/C25H37N5O5S/c1-5-14(4)21(30-23(32)20(13(2)3)29-22(31)17(26)12-36)24(33)28-19(25(34)35)10-15-11-27-18-9-7-6-8-16(15)18/h6-9,11,13-14,17,19-21,27,36H,5,10,12,26H2,1-4H3,(H,28,33)(H,29,31)(H,30,32)(H,34,35). The van der Waals surface area contributed by atoms with Gasteiger partial charge in [0.15, 0.2) is 0 Å². The molecule has 5 atom stereocenters. The van der Waals surface area contributed by atoms with Crippen LogP contribution in [0.4, 0.5) is 0 Å². The lowest BCUT2D eigenvalue weighted by atomic mass is 9.95. The number of benzene rings is 1. The van der Waals surface area contributed by atoms with Crippen molar-refractivity contribution in [3.63, 3.8) is 0 Å². The first-order chi connectivity index (χ1) is 17.0. The number of rotatable bonds is 13. The number of carbonyl (C=O) groups excluding carboxylic acids is 3. The number of aliphatic carboxylic acids is 1. The van der Waals surface area contributed by atoms with E-state index in [1.165, 1.54) is 0 Å². The Balaban J connectivity index is 2.19. The average Bonchev–Trinajstić information content (AvgIpc) is 3.26. The number of aromatic nitrogens is 1. The molecule has 2 rings (SSSR count). The molecule has 0 bridgehead atoms. The number of H-pyrrole nitrogens is 1. The fourth-order valence-electron chi connectivity index (χ4n) is 3.81. The van der Waals surface area contributed by atoms with E-state index in [2.05, 4.69) is 33.6 Å². The van der Waals surface area contributed by atoms with Crippen LogP contribution in [0.1, 0.15) is 39.7 Å². The maximum absolute atomic E-state index is 13.2. The minimum Gasteiger partial charge on any atom is -0.480 e. The zero-order valence-corrected chi connectivity index (χ0v) is 22.0. The van der Waals surface area contributed by atoms with Gasteiger partial charge in [-0.1, -0.05) is 52.3 Å². The van der Waals surface area contributed by atoms with E-state index in [1.54, 1.807) is 27.0 Å². The summed E-state index contributed by atoms with van der Waals surface area (Å²) in [6.07, 6.45) is 2.35. The van der Waals surface area contributed by atoms with Gasteiger partial charge in [0.05, 0.1) is 6.04 Å². The van der Waals surface area contributed by atoms with Crippen LogP contribution < -0.4 is 21.7 Å². The number of hydrogen-bond donors (Lipinski definition) is 7. The van der Waals surface area contributed by atoms with Gasteiger partial charge >= 0.3 is 5.97 Å². The number of carboxylic acids is 1. The molecule has 0 spiro atoms. The second-order valence-corrected chi connectivity index (χ2v) is 9.72. The molecule has 1 aromatic carbocycles. The largest absolute Gasteiger partial charge is 0.480 e. The van der Waals surface area contributed by atoms with Gasteiger partial charge < -0.3 is 31.8 Å². The molecule has 0 aliphatic carbocycles.